The Morgan fingerprint density at radius 3 is 2.70 bits per heavy atom. The summed E-state index contributed by atoms with van der Waals surface area (Å²) in [6.45, 7) is 2.53. The van der Waals surface area contributed by atoms with Crippen molar-refractivity contribution in [3.63, 3.8) is 0 Å². The SMILES string of the molecule is CC(=O)Oc1ccc2nc(-c3ccncc3)nc(NCCOCCO)c2c1. The van der Waals surface area contributed by atoms with E-state index in [4.69, 9.17) is 14.6 Å². The molecule has 1 aromatic carbocycles. The smallest absolute Gasteiger partial charge is 0.308 e. The maximum Gasteiger partial charge on any atom is 0.308 e. The zero-order chi connectivity index (χ0) is 19.1. The first-order chi connectivity index (χ1) is 13.2. The lowest BCUT2D eigenvalue weighted by Gasteiger charge is -2.12. The molecule has 0 aliphatic carbocycles. The van der Waals surface area contributed by atoms with E-state index in [1.807, 2.05) is 12.1 Å². The maximum absolute atomic E-state index is 11.2. The summed E-state index contributed by atoms with van der Waals surface area (Å²) >= 11 is 0. The molecule has 0 fully saturated rings. The van der Waals surface area contributed by atoms with Gasteiger partial charge in [0, 0.05) is 36.8 Å². The Morgan fingerprint density at radius 1 is 1.15 bits per heavy atom. The van der Waals surface area contributed by atoms with Crippen LogP contribution in [0.1, 0.15) is 6.92 Å². The van der Waals surface area contributed by atoms with Crippen LogP contribution in [0.5, 0.6) is 5.75 Å². The van der Waals surface area contributed by atoms with Gasteiger partial charge in [-0.2, -0.15) is 0 Å². The molecule has 2 heterocycles. The minimum Gasteiger partial charge on any atom is -0.427 e. The van der Waals surface area contributed by atoms with Crippen molar-refractivity contribution in [3.05, 3.63) is 42.7 Å². The van der Waals surface area contributed by atoms with Gasteiger partial charge in [0.05, 0.1) is 25.3 Å². The lowest BCUT2D eigenvalue weighted by molar-refractivity contribution is -0.131. The summed E-state index contributed by atoms with van der Waals surface area (Å²) in [7, 11) is 0. The first kappa shape index (κ1) is 18.7. The molecule has 0 aliphatic heterocycles. The third-order valence-corrected chi connectivity index (χ3v) is 3.64. The summed E-state index contributed by atoms with van der Waals surface area (Å²) in [5.74, 6) is 1.20. The number of aromatic nitrogens is 3. The van der Waals surface area contributed by atoms with Gasteiger partial charge in [-0.05, 0) is 30.3 Å². The Morgan fingerprint density at radius 2 is 1.96 bits per heavy atom. The van der Waals surface area contributed by atoms with Gasteiger partial charge in [0.25, 0.3) is 0 Å². The molecule has 8 nitrogen and oxygen atoms in total. The first-order valence-electron chi connectivity index (χ1n) is 8.50. The van der Waals surface area contributed by atoms with Crippen LogP contribution in [0.2, 0.25) is 0 Å². The highest BCUT2D eigenvalue weighted by molar-refractivity contribution is 5.92. The lowest BCUT2D eigenvalue weighted by Crippen LogP contribution is -2.13. The average Bonchev–Trinajstić information content (AvgIpc) is 2.68. The molecule has 3 aromatic rings. The highest BCUT2D eigenvalue weighted by Gasteiger charge is 2.11. The number of rotatable bonds is 8. The number of hydrogen-bond donors (Lipinski definition) is 2. The van der Waals surface area contributed by atoms with Crippen molar-refractivity contribution in [2.45, 2.75) is 6.92 Å². The third kappa shape index (κ3) is 4.96. The predicted octanol–water partition coefficient (Wildman–Crippen LogP) is 2.04. The molecule has 0 atom stereocenters. The molecule has 3 rings (SSSR count). The van der Waals surface area contributed by atoms with Gasteiger partial charge in [0.1, 0.15) is 11.6 Å². The molecule has 27 heavy (non-hydrogen) atoms. The molecule has 0 saturated heterocycles. The number of nitrogens with zero attached hydrogens (tertiary/aromatic N) is 3. The van der Waals surface area contributed by atoms with E-state index in [1.165, 1.54) is 6.92 Å². The standard InChI is InChI=1S/C19H20N4O4/c1-13(25)27-15-2-3-17-16(12-15)19(21-8-10-26-11-9-24)23-18(22-17)14-4-6-20-7-5-14/h2-7,12,24H,8-11H2,1H3,(H,21,22,23). The van der Waals surface area contributed by atoms with Crippen molar-refractivity contribution in [3.8, 4) is 17.1 Å². The second kappa shape index (κ2) is 9.02. The fourth-order valence-electron chi connectivity index (χ4n) is 2.51. The third-order valence-electron chi connectivity index (χ3n) is 3.64. The topological polar surface area (TPSA) is 106 Å². The van der Waals surface area contributed by atoms with Gasteiger partial charge in [-0.25, -0.2) is 9.97 Å². The zero-order valence-corrected chi connectivity index (χ0v) is 14.9. The van der Waals surface area contributed by atoms with Gasteiger partial charge in [0.15, 0.2) is 5.82 Å². The highest BCUT2D eigenvalue weighted by Crippen LogP contribution is 2.28. The summed E-state index contributed by atoms with van der Waals surface area (Å²) in [5.41, 5.74) is 1.56. The van der Waals surface area contributed by atoms with Crippen molar-refractivity contribution in [2.24, 2.45) is 0 Å². The number of aliphatic hydroxyl groups is 1. The Labute approximate surface area is 156 Å². The Hall–Kier alpha value is -3.10. The molecule has 0 aliphatic rings. The number of esters is 1. The Bertz CT molecular complexity index is 918. The van der Waals surface area contributed by atoms with E-state index >= 15 is 0 Å². The molecule has 140 valence electrons. The van der Waals surface area contributed by atoms with Crippen LogP contribution in [0.4, 0.5) is 5.82 Å². The van der Waals surface area contributed by atoms with E-state index in [1.54, 1.807) is 30.6 Å². The normalized spacial score (nSPS) is 10.7. The van der Waals surface area contributed by atoms with Crippen LogP contribution in [0, 0.1) is 0 Å². The van der Waals surface area contributed by atoms with E-state index in [0.29, 0.717) is 36.1 Å². The molecule has 0 unspecified atom stereocenters. The van der Waals surface area contributed by atoms with Crippen molar-refractivity contribution in [1.82, 2.24) is 15.0 Å². The average molecular weight is 368 g/mol. The lowest BCUT2D eigenvalue weighted by atomic mass is 10.2. The summed E-state index contributed by atoms with van der Waals surface area (Å²) < 4.78 is 10.4. The summed E-state index contributed by atoms with van der Waals surface area (Å²) in [6, 6.07) is 8.88. The number of nitrogens with one attached hydrogen (secondary N) is 1. The van der Waals surface area contributed by atoms with E-state index in [0.717, 1.165) is 10.9 Å². The Balaban J connectivity index is 1.96. The van der Waals surface area contributed by atoms with Gasteiger partial charge in [-0.3, -0.25) is 9.78 Å². The van der Waals surface area contributed by atoms with Crippen LogP contribution in [0.15, 0.2) is 42.7 Å². The van der Waals surface area contributed by atoms with E-state index < -0.39 is 5.97 Å². The second-order valence-corrected chi connectivity index (χ2v) is 5.67. The monoisotopic (exact) mass is 368 g/mol. The van der Waals surface area contributed by atoms with Gasteiger partial charge >= 0.3 is 5.97 Å². The number of aliphatic hydroxyl groups excluding tert-OH is 1. The van der Waals surface area contributed by atoms with Gasteiger partial charge in [-0.1, -0.05) is 0 Å². The number of carbonyl (C=O) groups excluding carboxylic acids is 1. The zero-order valence-electron chi connectivity index (χ0n) is 14.9. The molecular formula is C19H20N4O4. The molecule has 8 heteroatoms. The maximum atomic E-state index is 11.2. The fourth-order valence-corrected chi connectivity index (χ4v) is 2.51. The van der Waals surface area contributed by atoms with Crippen LogP contribution in [0.3, 0.4) is 0 Å². The van der Waals surface area contributed by atoms with E-state index in [-0.39, 0.29) is 13.2 Å². The van der Waals surface area contributed by atoms with Crippen molar-refractivity contribution in [2.75, 3.05) is 31.7 Å². The number of hydrogen-bond acceptors (Lipinski definition) is 8. The highest BCUT2D eigenvalue weighted by atomic mass is 16.5. The van der Waals surface area contributed by atoms with Crippen LogP contribution in [-0.4, -0.2) is 52.4 Å². The molecule has 0 spiro atoms. The first-order valence-corrected chi connectivity index (χ1v) is 8.50. The number of ether oxygens (including phenoxy) is 2. The van der Waals surface area contributed by atoms with Gasteiger partial charge < -0.3 is 19.9 Å². The molecule has 2 aromatic heterocycles. The quantitative estimate of drug-likeness (QED) is 0.353. The van der Waals surface area contributed by atoms with E-state index in [2.05, 4.69) is 20.3 Å². The number of carbonyl (C=O) groups is 1. The summed E-state index contributed by atoms with van der Waals surface area (Å²) in [4.78, 5) is 24.5. The van der Waals surface area contributed by atoms with Crippen LogP contribution < -0.4 is 10.1 Å². The molecule has 0 bridgehead atoms. The van der Waals surface area contributed by atoms with Crippen molar-refractivity contribution < 1.29 is 19.4 Å². The van der Waals surface area contributed by atoms with Crippen LogP contribution in [-0.2, 0) is 9.53 Å². The summed E-state index contributed by atoms with van der Waals surface area (Å²) in [6.07, 6.45) is 3.37. The Kier molecular flexibility index (Phi) is 6.24. The largest absolute Gasteiger partial charge is 0.427 e. The van der Waals surface area contributed by atoms with Crippen molar-refractivity contribution in [1.29, 1.82) is 0 Å². The molecule has 0 amide bonds. The molecule has 0 radical (unpaired) electrons. The molecular weight excluding hydrogens is 348 g/mol. The predicted molar refractivity (Wildman–Crippen MR) is 100 cm³/mol. The fraction of sp³-hybridized carbons (Fsp3) is 0.263. The minimum atomic E-state index is -0.393. The van der Waals surface area contributed by atoms with E-state index in [9.17, 15) is 4.79 Å². The minimum absolute atomic E-state index is 0.0195. The van der Waals surface area contributed by atoms with Gasteiger partial charge in [0.2, 0.25) is 0 Å². The van der Waals surface area contributed by atoms with Crippen molar-refractivity contribution >= 4 is 22.7 Å². The van der Waals surface area contributed by atoms with Gasteiger partial charge in [-0.15, -0.1) is 0 Å². The number of fused-ring (bicyclic) bond motifs is 1. The van der Waals surface area contributed by atoms with Crippen LogP contribution in [0.25, 0.3) is 22.3 Å². The number of pyridine rings is 1. The number of anilines is 1. The second-order valence-electron chi connectivity index (χ2n) is 5.67. The number of benzene rings is 1. The molecule has 0 saturated carbocycles. The van der Waals surface area contributed by atoms with Crippen LogP contribution >= 0.6 is 0 Å². The molecule has 2 N–H and O–H groups in total. The summed E-state index contributed by atoms with van der Waals surface area (Å²) in [5, 5.41) is 12.7.